The summed E-state index contributed by atoms with van der Waals surface area (Å²) < 4.78 is 24.4. The lowest BCUT2D eigenvalue weighted by atomic mass is 10.2. The maximum atomic E-state index is 11.9. The number of anilines is 1. The second-order valence-corrected chi connectivity index (χ2v) is 6.97. The highest BCUT2D eigenvalue weighted by molar-refractivity contribution is 14.1. The fourth-order valence-corrected chi connectivity index (χ4v) is 3.88. The number of terminal acetylenes is 1. The predicted molar refractivity (Wildman–Crippen MR) is 79.9 cm³/mol. The van der Waals surface area contributed by atoms with Crippen LogP contribution in [0.5, 0.6) is 0 Å². The van der Waals surface area contributed by atoms with Crippen LogP contribution in [0.15, 0.2) is 24.3 Å². The number of hydrogen-bond acceptors (Lipinski definition) is 2. The molecule has 0 N–H and O–H groups in total. The van der Waals surface area contributed by atoms with E-state index < -0.39 is 19.3 Å². The van der Waals surface area contributed by atoms with Gasteiger partial charge in [0.05, 0.1) is 5.69 Å². The van der Waals surface area contributed by atoms with Gasteiger partial charge in [0.1, 0.15) is 5.21 Å². The number of alkyl halides is 2. The van der Waals surface area contributed by atoms with Crippen molar-refractivity contribution in [3.63, 3.8) is 0 Å². The van der Waals surface area contributed by atoms with Gasteiger partial charge in [-0.1, -0.05) is 18.1 Å². The average Bonchev–Trinajstić information content (AvgIpc) is 2.29. The van der Waals surface area contributed by atoms with Crippen molar-refractivity contribution >= 4 is 49.9 Å². The third-order valence-electron chi connectivity index (χ3n) is 2.04. The van der Waals surface area contributed by atoms with Crippen LogP contribution in [0.4, 0.5) is 5.69 Å². The summed E-state index contributed by atoms with van der Waals surface area (Å²) in [4.78, 5) is 0. The zero-order chi connectivity index (χ0) is 13.1. The van der Waals surface area contributed by atoms with E-state index >= 15 is 0 Å². The number of halogens is 2. The van der Waals surface area contributed by atoms with Gasteiger partial charge in [0.25, 0.3) is 10.0 Å². The summed E-state index contributed by atoms with van der Waals surface area (Å²) in [6, 6.07) is 7.11. The second-order valence-electron chi connectivity index (χ2n) is 3.36. The highest BCUT2D eigenvalue weighted by Crippen LogP contribution is 2.25. The van der Waals surface area contributed by atoms with Crippen LogP contribution in [-0.2, 0) is 10.0 Å². The monoisotopic (exact) mass is 383 g/mol. The first-order valence-electron chi connectivity index (χ1n) is 4.67. The summed E-state index contributed by atoms with van der Waals surface area (Å²) in [5.41, 5.74) is 1.49. The zero-order valence-electron chi connectivity index (χ0n) is 9.10. The van der Waals surface area contributed by atoms with Gasteiger partial charge in [-0.05, 0) is 47.2 Å². The minimum absolute atomic E-state index is 0.498. The lowest BCUT2D eigenvalue weighted by Gasteiger charge is -2.25. The molecule has 0 aromatic heterocycles. The van der Waals surface area contributed by atoms with E-state index in [1.165, 1.54) is 0 Å². The Labute approximate surface area is 120 Å². The Morgan fingerprint density at radius 2 is 2.24 bits per heavy atom. The molecule has 1 unspecified atom stereocenters. The van der Waals surface area contributed by atoms with E-state index in [0.29, 0.717) is 5.69 Å². The van der Waals surface area contributed by atoms with E-state index in [-0.39, 0.29) is 0 Å². The van der Waals surface area contributed by atoms with Gasteiger partial charge in [-0.3, -0.25) is 0 Å². The van der Waals surface area contributed by atoms with Crippen LogP contribution in [0.1, 0.15) is 5.56 Å². The third-order valence-corrected chi connectivity index (χ3v) is 5.46. The molecule has 0 saturated heterocycles. The number of aryl methyl sites for hydroxylation is 1. The Balaban J connectivity index is 3.31. The van der Waals surface area contributed by atoms with Crippen molar-refractivity contribution in [2.45, 2.75) is 11.0 Å². The molecule has 92 valence electrons. The SMILES string of the molecule is C#CC(I)N(c1cccc(C)c1)S(=O)(=O)CCl. The molecule has 0 saturated carbocycles. The maximum absolute atomic E-state index is 11.9. The molecule has 1 atom stereocenters. The van der Waals surface area contributed by atoms with E-state index in [0.717, 1.165) is 9.87 Å². The van der Waals surface area contributed by atoms with Crippen molar-refractivity contribution in [1.82, 2.24) is 0 Å². The maximum Gasteiger partial charge on any atom is 0.250 e. The molecule has 0 fully saturated rings. The smallest absolute Gasteiger partial charge is 0.245 e. The van der Waals surface area contributed by atoms with Crippen LogP contribution in [0.3, 0.4) is 0 Å². The fraction of sp³-hybridized carbons (Fsp3) is 0.273. The molecule has 3 nitrogen and oxygen atoms in total. The van der Waals surface area contributed by atoms with Crippen molar-refractivity contribution < 1.29 is 8.42 Å². The molecule has 0 aliphatic carbocycles. The number of sulfonamides is 1. The summed E-state index contributed by atoms with van der Waals surface area (Å²) in [6.45, 7) is 1.88. The Bertz CT molecular complexity index is 539. The van der Waals surface area contributed by atoms with Crippen LogP contribution in [0.2, 0.25) is 0 Å². The van der Waals surface area contributed by atoms with Crippen molar-refractivity contribution in [2.75, 3.05) is 9.52 Å². The first kappa shape index (κ1) is 14.6. The van der Waals surface area contributed by atoms with Crippen molar-refractivity contribution in [3.05, 3.63) is 29.8 Å². The van der Waals surface area contributed by atoms with Crippen LogP contribution in [-0.4, -0.2) is 17.7 Å². The lowest BCUT2D eigenvalue weighted by Crippen LogP contribution is -2.36. The number of benzene rings is 1. The molecule has 1 aromatic rings. The Morgan fingerprint density at radius 3 is 2.71 bits per heavy atom. The van der Waals surface area contributed by atoms with Gasteiger partial charge in [-0.15, -0.1) is 18.0 Å². The molecule has 17 heavy (non-hydrogen) atoms. The van der Waals surface area contributed by atoms with Crippen molar-refractivity contribution in [3.8, 4) is 12.3 Å². The van der Waals surface area contributed by atoms with E-state index in [1.807, 2.05) is 35.6 Å². The molecule has 0 aliphatic heterocycles. The summed E-state index contributed by atoms with van der Waals surface area (Å²) in [5, 5.41) is -0.498. The number of hydrogen-bond donors (Lipinski definition) is 0. The molecule has 0 heterocycles. The number of nitrogens with zero attached hydrogens (tertiary/aromatic N) is 1. The lowest BCUT2D eigenvalue weighted by molar-refractivity contribution is 0.597. The summed E-state index contributed by atoms with van der Waals surface area (Å²) in [5.74, 6) is 2.40. The first-order chi connectivity index (χ1) is 7.92. The highest BCUT2D eigenvalue weighted by Gasteiger charge is 2.26. The molecule has 0 amide bonds. The predicted octanol–water partition coefficient (Wildman–Crippen LogP) is 2.72. The summed E-state index contributed by atoms with van der Waals surface area (Å²) in [6.07, 6.45) is 5.29. The van der Waals surface area contributed by atoms with Crippen LogP contribution < -0.4 is 4.31 Å². The zero-order valence-corrected chi connectivity index (χ0v) is 12.8. The van der Waals surface area contributed by atoms with Crippen LogP contribution in [0.25, 0.3) is 0 Å². The summed E-state index contributed by atoms with van der Waals surface area (Å²) in [7, 11) is -3.59. The Morgan fingerprint density at radius 1 is 1.59 bits per heavy atom. The van der Waals surface area contributed by atoms with Gasteiger partial charge >= 0.3 is 0 Å². The standard InChI is InChI=1S/C11H11ClINO2S/c1-3-11(13)14(17(15,16)8-12)10-6-4-5-9(2)7-10/h1,4-7,11H,8H2,2H3. The molecule has 0 radical (unpaired) electrons. The van der Waals surface area contributed by atoms with Gasteiger partial charge in [0, 0.05) is 0 Å². The highest BCUT2D eigenvalue weighted by atomic mass is 127. The Hall–Kier alpha value is -0.450. The van der Waals surface area contributed by atoms with Crippen LogP contribution in [0, 0.1) is 19.3 Å². The molecule has 0 bridgehead atoms. The molecule has 0 spiro atoms. The quantitative estimate of drug-likeness (QED) is 0.347. The molecular weight excluding hydrogens is 373 g/mol. The van der Waals surface area contributed by atoms with Crippen LogP contribution >= 0.6 is 34.2 Å². The minimum atomic E-state index is -3.59. The molecule has 6 heteroatoms. The van der Waals surface area contributed by atoms with Gasteiger partial charge in [-0.25, -0.2) is 12.7 Å². The average molecular weight is 384 g/mol. The summed E-state index contributed by atoms with van der Waals surface area (Å²) >= 11 is 7.36. The van der Waals surface area contributed by atoms with Crippen molar-refractivity contribution in [1.29, 1.82) is 0 Å². The fourth-order valence-electron chi connectivity index (χ4n) is 1.32. The van der Waals surface area contributed by atoms with Gasteiger partial charge < -0.3 is 0 Å². The first-order valence-corrected chi connectivity index (χ1v) is 8.06. The molecule has 1 aromatic carbocycles. The van der Waals surface area contributed by atoms with E-state index in [2.05, 4.69) is 5.92 Å². The Kier molecular flexibility index (Phi) is 5.10. The normalized spacial score (nSPS) is 12.8. The number of rotatable bonds is 4. The van der Waals surface area contributed by atoms with Crippen molar-refractivity contribution in [2.24, 2.45) is 0 Å². The largest absolute Gasteiger partial charge is 0.250 e. The minimum Gasteiger partial charge on any atom is -0.245 e. The van der Waals surface area contributed by atoms with E-state index in [1.54, 1.807) is 18.2 Å². The molecule has 0 aliphatic rings. The van der Waals surface area contributed by atoms with Gasteiger partial charge in [0.2, 0.25) is 0 Å². The second kappa shape index (κ2) is 5.94. The molecular formula is C11H11ClINO2S. The topological polar surface area (TPSA) is 37.4 Å². The van der Waals surface area contributed by atoms with E-state index in [4.69, 9.17) is 18.0 Å². The van der Waals surface area contributed by atoms with E-state index in [9.17, 15) is 8.42 Å². The molecule has 1 rings (SSSR count). The van der Waals surface area contributed by atoms with Gasteiger partial charge in [0.15, 0.2) is 4.05 Å². The third kappa shape index (κ3) is 3.50. The van der Waals surface area contributed by atoms with Gasteiger partial charge in [-0.2, -0.15) is 0 Å².